The zero-order valence-electron chi connectivity index (χ0n) is 12.8. The Morgan fingerprint density at radius 2 is 1.79 bits per heavy atom. The van der Waals surface area contributed by atoms with Crippen LogP contribution in [0.3, 0.4) is 0 Å². The lowest BCUT2D eigenvalue weighted by Gasteiger charge is -2.51. The van der Waals surface area contributed by atoms with E-state index in [1.807, 2.05) is 0 Å². The van der Waals surface area contributed by atoms with Gasteiger partial charge in [-0.05, 0) is 41.5 Å². The summed E-state index contributed by atoms with van der Waals surface area (Å²) in [5, 5.41) is 6.17. The van der Waals surface area contributed by atoms with E-state index in [1.165, 1.54) is 0 Å². The lowest BCUT2D eigenvalue weighted by molar-refractivity contribution is -0.774. The highest BCUT2D eigenvalue weighted by molar-refractivity contribution is 5.20. The number of hydrogen-bond donors (Lipinski definition) is 0. The largest absolute Gasteiger partial charge is 0.660 e. The van der Waals surface area contributed by atoms with Gasteiger partial charge in [0.05, 0.1) is 4.79 Å². The standard InChI is InChI=1S/C13H25N5O/c1-10(2)16-8-12(3,4)18(13(5,6)9-16)17-7-11(14)19-15-17/h7,10,14H,8-9H2,1-6H3. The molecule has 0 bridgehead atoms. The predicted octanol–water partition coefficient (Wildman–Crippen LogP) is 1.86. The lowest BCUT2D eigenvalue weighted by Crippen LogP contribution is -2.82. The van der Waals surface area contributed by atoms with Crippen LogP contribution in [0.1, 0.15) is 41.5 Å². The Labute approximate surface area is 115 Å². The van der Waals surface area contributed by atoms with Crippen molar-refractivity contribution < 1.29 is 9.31 Å². The molecule has 2 heterocycles. The van der Waals surface area contributed by atoms with Crippen LogP contribution in [0.5, 0.6) is 0 Å². The Morgan fingerprint density at radius 1 is 1.26 bits per heavy atom. The van der Waals surface area contributed by atoms with Gasteiger partial charge in [0.1, 0.15) is 17.0 Å². The average molecular weight is 267 g/mol. The van der Waals surface area contributed by atoms with Crippen molar-refractivity contribution in [2.45, 2.75) is 58.7 Å². The summed E-state index contributed by atoms with van der Waals surface area (Å²) in [6, 6.07) is 0.523. The minimum Gasteiger partial charge on any atom is -0.660 e. The summed E-state index contributed by atoms with van der Waals surface area (Å²) in [4.78, 5) is 4.17. The van der Waals surface area contributed by atoms with E-state index in [4.69, 9.17) is 10.3 Å². The highest BCUT2D eigenvalue weighted by Crippen LogP contribution is 2.29. The Morgan fingerprint density at radius 3 is 2.16 bits per heavy atom. The molecule has 6 heteroatoms. The first kappa shape index (κ1) is 14.1. The van der Waals surface area contributed by atoms with E-state index < -0.39 is 0 Å². The fourth-order valence-corrected chi connectivity index (χ4v) is 3.26. The maximum absolute atomic E-state index is 7.51. The quantitative estimate of drug-likeness (QED) is 0.767. The Kier molecular flexibility index (Phi) is 3.24. The van der Waals surface area contributed by atoms with E-state index in [9.17, 15) is 0 Å². The summed E-state index contributed by atoms with van der Waals surface area (Å²) in [6.07, 6.45) is 1.62. The van der Waals surface area contributed by atoms with Gasteiger partial charge in [0.15, 0.2) is 0 Å². The zero-order chi connectivity index (χ0) is 14.4. The molecule has 1 aliphatic heterocycles. The van der Waals surface area contributed by atoms with Crippen LogP contribution in [0, 0.1) is 0 Å². The van der Waals surface area contributed by atoms with Crippen molar-refractivity contribution in [2.75, 3.05) is 18.1 Å². The predicted molar refractivity (Wildman–Crippen MR) is 73.8 cm³/mol. The summed E-state index contributed by atoms with van der Waals surface area (Å²) < 4.78 is 4.90. The first-order valence-electron chi connectivity index (χ1n) is 6.78. The van der Waals surface area contributed by atoms with Gasteiger partial charge >= 0.3 is 0 Å². The van der Waals surface area contributed by atoms with Crippen LogP contribution in [0.25, 0.3) is 5.73 Å². The van der Waals surface area contributed by atoms with Gasteiger partial charge in [-0.15, -0.1) is 5.01 Å². The molecule has 108 valence electrons. The first-order valence-corrected chi connectivity index (χ1v) is 6.78. The fraction of sp³-hybridized carbons (Fsp3) is 0.846. The van der Waals surface area contributed by atoms with E-state index in [1.54, 1.807) is 11.0 Å². The van der Waals surface area contributed by atoms with Gasteiger partial charge in [-0.25, -0.2) is 0 Å². The third-order valence-electron chi connectivity index (χ3n) is 3.72. The molecule has 0 aromatic carbocycles. The molecule has 1 N–H and O–H groups in total. The molecule has 1 aromatic rings. The summed E-state index contributed by atoms with van der Waals surface area (Å²) in [6.45, 7) is 15.2. The average Bonchev–Trinajstić information content (AvgIpc) is 2.60. The van der Waals surface area contributed by atoms with Gasteiger partial charge in [0, 0.05) is 19.1 Å². The summed E-state index contributed by atoms with van der Waals surface area (Å²) >= 11 is 0. The van der Waals surface area contributed by atoms with Crippen molar-refractivity contribution in [1.82, 2.24) is 10.2 Å². The van der Waals surface area contributed by atoms with Gasteiger partial charge in [0.2, 0.25) is 5.27 Å². The van der Waals surface area contributed by atoms with Crippen molar-refractivity contribution in [3.8, 4) is 0 Å². The molecule has 0 unspecified atom stereocenters. The van der Waals surface area contributed by atoms with E-state index in [0.29, 0.717) is 6.04 Å². The van der Waals surface area contributed by atoms with Gasteiger partial charge in [-0.2, -0.15) is 0 Å². The number of nitrogens with one attached hydrogen (secondary N) is 1. The molecular weight excluding hydrogens is 242 g/mol. The van der Waals surface area contributed by atoms with Crippen molar-refractivity contribution in [2.24, 2.45) is 0 Å². The summed E-state index contributed by atoms with van der Waals surface area (Å²) in [7, 11) is 0. The van der Waals surface area contributed by atoms with Crippen LogP contribution in [-0.2, 0) is 0 Å². The van der Waals surface area contributed by atoms with Crippen LogP contribution in [0.2, 0.25) is 0 Å². The molecule has 0 spiro atoms. The van der Waals surface area contributed by atoms with Gasteiger partial charge in [-0.3, -0.25) is 4.90 Å². The molecule has 2 rings (SSSR count). The molecule has 0 saturated carbocycles. The maximum atomic E-state index is 7.51. The highest BCUT2D eigenvalue weighted by atomic mass is 16.5. The second-order valence-corrected chi connectivity index (χ2v) is 6.92. The molecule has 1 aromatic heterocycles. The Hall–Kier alpha value is -1.30. The number of hydrogen-bond acceptors (Lipinski definition) is 4. The van der Waals surface area contributed by atoms with Gasteiger partial charge in [-0.1, -0.05) is 0 Å². The second kappa shape index (κ2) is 4.37. The SMILES string of the molecule is CC(C)N1CC(C)(C)N([n+]2cc([NH-])on2)C(C)(C)C1. The van der Waals surface area contributed by atoms with Crippen molar-refractivity contribution in [3.05, 3.63) is 11.9 Å². The smallest absolute Gasteiger partial charge is 0.256 e. The highest BCUT2D eigenvalue weighted by Gasteiger charge is 2.51. The van der Waals surface area contributed by atoms with Crippen molar-refractivity contribution in [1.29, 1.82) is 0 Å². The molecule has 0 radical (unpaired) electrons. The van der Waals surface area contributed by atoms with E-state index in [-0.39, 0.29) is 17.0 Å². The van der Waals surface area contributed by atoms with Crippen LogP contribution in [0.15, 0.2) is 10.7 Å². The number of aromatic nitrogens is 2. The molecular formula is C13H25N5O. The van der Waals surface area contributed by atoms with Crippen molar-refractivity contribution >= 4 is 5.88 Å². The minimum atomic E-state index is -0.0833. The normalized spacial score (nSPS) is 23.0. The Balaban J connectivity index is 2.37. The number of rotatable bonds is 2. The number of piperazine rings is 1. The molecule has 19 heavy (non-hydrogen) atoms. The third-order valence-corrected chi connectivity index (χ3v) is 3.72. The molecule has 6 nitrogen and oxygen atoms in total. The lowest BCUT2D eigenvalue weighted by atomic mass is 9.89. The summed E-state index contributed by atoms with van der Waals surface area (Å²) in [5.74, 6) is 0.0814. The molecule has 0 aliphatic carbocycles. The fourth-order valence-electron chi connectivity index (χ4n) is 3.26. The van der Waals surface area contributed by atoms with Gasteiger partial charge in [0.25, 0.3) is 6.20 Å². The number of nitrogens with zero attached hydrogens (tertiary/aromatic N) is 4. The minimum absolute atomic E-state index is 0.0814. The molecule has 1 aliphatic rings. The van der Waals surface area contributed by atoms with E-state index in [2.05, 4.69) is 56.7 Å². The first-order chi connectivity index (χ1) is 8.63. The van der Waals surface area contributed by atoms with Crippen LogP contribution >= 0.6 is 0 Å². The maximum Gasteiger partial charge on any atom is 0.256 e. The van der Waals surface area contributed by atoms with Crippen LogP contribution < -0.4 is 9.80 Å². The molecule has 0 atom stereocenters. The summed E-state index contributed by atoms with van der Waals surface area (Å²) in [5.41, 5.74) is 7.35. The van der Waals surface area contributed by atoms with Crippen molar-refractivity contribution in [3.63, 3.8) is 0 Å². The monoisotopic (exact) mass is 267 g/mol. The van der Waals surface area contributed by atoms with E-state index >= 15 is 0 Å². The van der Waals surface area contributed by atoms with Crippen LogP contribution in [0.4, 0.5) is 5.88 Å². The second-order valence-electron chi connectivity index (χ2n) is 6.92. The van der Waals surface area contributed by atoms with E-state index in [0.717, 1.165) is 13.1 Å². The van der Waals surface area contributed by atoms with Gasteiger partial charge < -0.3 is 10.3 Å². The molecule has 1 fully saturated rings. The molecule has 0 amide bonds. The topological polar surface area (TPSA) is 60.2 Å². The Bertz CT molecular complexity index is 434. The third kappa shape index (κ3) is 2.54. The van der Waals surface area contributed by atoms with Crippen LogP contribution in [-0.4, -0.2) is 40.4 Å². The molecule has 1 saturated heterocycles. The zero-order valence-corrected chi connectivity index (χ0v) is 12.8.